The first-order valence-electron chi connectivity index (χ1n) is 12.7. The number of amides is 1. The molecule has 0 aliphatic carbocycles. The molecule has 1 amide bonds. The van der Waals surface area contributed by atoms with Crippen molar-refractivity contribution in [2.75, 3.05) is 6.54 Å². The first-order chi connectivity index (χ1) is 18.7. The summed E-state index contributed by atoms with van der Waals surface area (Å²) in [5.74, 6) is -0.162. The van der Waals surface area contributed by atoms with Crippen LogP contribution in [0, 0.1) is 0 Å². The average molecular weight is 541 g/mol. The van der Waals surface area contributed by atoms with E-state index in [-0.39, 0.29) is 11.5 Å². The summed E-state index contributed by atoms with van der Waals surface area (Å²) in [6.45, 7) is 2.59. The average Bonchev–Trinajstić information content (AvgIpc) is 3.39. The van der Waals surface area contributed by atoms with Crippen LogP contribution in [0.15, 0.2) is 90.1 Å². The molecule has 5 aromatic rings. The van der Waals surface area contributed by atoms with Crippen LogP contribution in [-0.4, -0.2) is 31.7 Å². The standard InChI is InChI=1S/C31H29ClN4O3/c1-4-14-34-30(38)20-8-10-22(11-9-20)31(39,28-18-33-19-35(28)2)23-12-13-27-26(16-23)25(17-29(37)36(27)3)21-6-5-7-24(32)15-21/h5-13,15-19,39H,4,14H2,1-3H3,(H,34,38). The molecule has 0 saturated carbocycles. The molecule has 8 heteroatoms. The van der Waals surface area contributed by atoms with Gasteiger partial charge in [-0.3, -0.25) is 9.59 Å². The highest BCUT2D eigenvalue weighted by Crippen LogP contribution is 2.39. The number of carbonyl (C=O) groups excluding carboxylic acids is 1. The fraction of sp³-hybridized carbons (Fsp3) is 0.194. The number of rotatable bonds is 7. The second kappa shape index (κ2) is 10.5. The van der Waals surface area contributed by atoms with Gasteiger partial charge in [-0.1, -0.05) is 48.9 Å². The van der Waals surface area contributed by atoms with Crippen LogP contribution in [-0.2, 0) is 19.7 Å². The number of aliphatic hydroxyl groups is 1. The Bertz CT molecular complexity index is 1740. The minimum Gasteiger partial charge on any atom is -0.374 e. The van der Waals surface area contributed by atoms with Gasteiger partial charge < -0.3 is 19.6 Å². The minimum absolute atomic E-state index is 0.149. The smallest absolute Gasteiger partial charge is 0.251 e. The molecule has 0 bridgehead atoms. The van der Waals surface area contributed by atoms with Crippen LogP contribution in [0.1, 0.15) is 40.5 Å². The van der Waals surface area contributed by atoms with Crippen molar-refractivity contribution in [3.8, 4) is 11.1 Å². The van der Waals surface area contributed by atoms with E-state index in [0.29, 0.717) is 39.5 Å². The van der Waals surface area contributed by atoms with Crippen LogP contribution in [0.25, 0.3) is 22.0 Å². The third-order valence-electron chi connectivity index (χ3n) is 7.09. The van der Waals surface area contributed by atoms with Crippen LogP contribution in [0.4, 0.5) is 0 Å². The number of hydrogen-bond donors (Lipinski definition) is 2. The molecule has 2 heterocycles. The monoisotopic (exact) mass is 540 g/mol. The summed E-state index contributed by atoms with van der Waals surface area (Å²) in [4.78, 5) is 29.6. The normalized spacial score (nSPS) is 12.8. The number of carbonyl (C=O) groups is 1. The van der Waals surface area contributed by atoms with Gasteiger partial charge in [0.2, 0.25) is 0 Å². The van der Waals surface area contributed by atoms with Crippen LogP contribution >= 0.6 is 11.6 Å². The molecular weight excluding hydrogens is 512 g/mol. The lowest BCUT2D eigenvalue weighted by atomic mass is 9.82. The molecule has 1 atom stereocenters. The van der Waals surface area contributed by atoms with Gasteiger partial charge in [0.05, 0.1) is 23.7 Å². The van der Waals surface area contributed by atoms with Gasteiger partial charge in [-0.05, 0) is 65.1 Å². The van der Waals surface area contributed by atoms with Crippen molar-refractivity contribution in [2.24, 2.45) is 14.1 Å². The first-order valence-corrected chi connectivity index (χ1v) is 13.1. The van der Waals surface area contributed by atoms with Crippen molar-refractivity contribution in [1.29, 1.82) is 0 Å². The molecular formula is C31H29ClN4O3. The molecule has 2 aromatic heterocycles. The molecule has 198 valence electrons. The van der Waals surface area contributed by atoms with Gasteiger partial charge in [0.1, 0.15) is 0 Å². The van der Waals surface area contributed by atoms with Gasteiger partial charge in [0.15, 0.2) is 5.60 Å². The maximum absolute atomic E-state index is 12.8. The number of hydrogen-bond acceptors (Lipinski definition) is 4. The molecule has 0 fully saturated rings. The lowest BCUT2D eigenvalue weighted by Crippen LogP contribution is -2.31. The number of imidazole rings is 1. The number of fused-ring (bicyclic) bond motifs is 1. The molecule has 39 heavy (non-hydrogen) atoms. The maximum atomic E-state index is 12.8. The molecule has 0 radical (unpaired) electrons. The van der Waals surface area contributed by atoms with Crippen molar-refractivity contribution in [1.82, 2.24) is 19.4 Å². The molecule has 0 saturated heterocycles. The van der Waals surface area contributed by atoms with Crippen molar-refractivity contribution in [3.05, 3.63) is 123 Å². The highest BCUT2D eigenvalue weighted by atomic mass is 35.5. The summed E-state index contributed by atoms with van der Waals surface area (Å²) in [7, 11) is 3.55. The first kappa shape index (κ1) is 26.4. The molecule has 5 rings (SSSR count). The fourth-order valence-corrected chi connectivity index (χ4v) is 5.14. The number of halogens is 1. The molecule has 7 nitrogen and oxygen atoms in total. The van der Waals surface area contributed by atoms with E-state index in [9.17, 15) is 14.7 Å². The zero-order valence-electron chi connectivity index (χ0n) is 22.0. The second-order valence-corrected chi connectivity index (χ2v) is 10.1. The SMILES string of the molecule is CCCNC(=O)c1ccc(C(O)(c2ccc3c(c2)c(-c2cccc(Cl)c2)cc(=O)n3C)c2cncn2C)cc1. The number of nitrogens with one attached hydrogen (secondary N) is 1. The Labute approximate surface area is 231 Å². The van der Waals surface area contributed by atoms with E-state index in [1.54, 1.807) is 65.1 Å². The van der Waals surface area contributed by atoms with E-state index in [1.807, 2.05) is 50.4 Å². The molecule has 0 spiro atoms. The summed E-state index contributed by atoms with van der Waals surface area (Å²) in [5.41, 5.74) is 2.71. The lowest BCUT2D eigenvalue weighted by Gasteiger charge is -2.30. The third kappa shape index (κ3) is 4.75. The Hall–Kier alpha value is -4.20. The molecule has 3 aromatic carbocycles. The van der Waals surface area contributed by atoms with Crippen molar-refractivity contribution in [3.63, 3.8) is 0 Å². The van der Waals surface area contributed by atoms with Gasteiger partial charge in [0, 0.05) is 42.7 Å². The van der Waals surface area contributed by atoms with Gasteiger partial charge >= 0.3 is 0 Å². The topological polar surface area (TPSA) is 89.2 Å². The molecule has 1 unspecified atom stereocenters. The quantitative estimate of drug-likeness (QED) is 0.303. The summed E-state index contributed by atoms with van der Waals surface area (Å²) in [6, 6.07) is 21.4. The summed E-state index contributed by atoms with van der Waals surface area (Å²) in [6.07, 6.45) is 4.11. The van der Waals surface area contributed by atoms with Gasteiger partial charge in [-0.2, -0.15) is 0 Å². The largest absolute Gasteiger partial charge is 0.374 e. The third-order valence-corrected chi connectivity index (χ3v) is 7.32. The van der Waals surface area contributed by atoms with Gasteiger partial charge in [-0.15, -0.1) is 0 Å². The lowest BCUT2D eigenvalue weighted by molar-refractivity contribution is 0.0952. The Balaban J connectivity index is 1.73. The highest BCUT2D eigenvalue weighted by molar-refractivity contribution is 6.30. The minimum atomic E-state index is -1.60. The van der Waals surface area contributed by atoms with Crippen LogP contribution in [0.5, 0.6) is 0 Å². The molecule has 2 N–H and O–H groups in total. The maximum Gasteiger partial charge on any atom is 0.251 e. The number of nitrogens with zero attached hydrogens (tertiary/aromatic N) is 3. The predicted molar refractivity (Wildman–Crippen MR) is 154 cm³/mol. The van der Waals surface area contributed by atoms with E-state index < -0.39 is 5.60 Å². The second-order valence-electron chi connectivity index (χ2n) is 9.63. The summed E-state index contributed by atoms with van der Waals surface area (Å²) >= 11 is 6.29. The van der Waals surface area contributed by atoms with Gasteiger partial charge in [-0.25, -0.2) is 4.98 Å². The number of benzene rings is 3. The van der Waals surface area contributed by atoms with E-state index in [0.717, 1.165) is 22.9 Å². The summed E-state index contributed by atoms with van der Waals surface area (Å²) < 4.78 is 3.35. The highest BCUT2D eigenvalue weighted by Gasteiger charge is 2.37. The predicted octanol–water partition coefficient (Wildman–Crippen LogP) is 5.02. The van der Waals surface area contributed by atoms with Crippen molar-refractivity contribution >= 4 is 28.4 Å². The van der Waals surface area contributed by atoms with Gasteiger partial charge in [0.25, 0.3) is 11.5 Å². The Kier molecular flexibility index (Phi) is 7.12. The molecule has 0 aliphatic heterocycles. The number of pyridine rings is 1. The Morgan fingerprint density at radius 1 is 1.03 bits per heavy atom. The zero-order chi connectivity index (χ0) is 27.7. The fourth-order valence-electron chi connectivity index (χ4n) is 4.95. The summed E-state index contributed by atoms with van der Waals surface area (Å²) in [5, 5.41) is 16.7. The Morgan fingerprint density at radius 3 is 2.44 bits per heavy atom. The van der Waals surface area contributed by atoms with E-state index in [4.69, 9.17) is 11.6 Å². The van der Waals surface area contributed by atoms with Crippen molar-refractivity contribution < 1.29 is 9.90 Å². The zero-order valence-corrected chi connectivity index (χ0v) is 22.7. The van der Waals surface area contributed by atoms with E-state index in [1.165, 1.54) is 0 Å². The van der Waals surface area contributed by atoms with Crippen LogP contribution in [0.3, 0.4) is 0 Å². The van der Waals surface area contributed by atoms with E-state index in [2.05, 4.69) is 10.3 Å². The van der Waals surface area contributed by atoms with Crippen LogP contribution < -0.4 is 10.9 Å². The van der Waals surface area contributed by atoms with Crippen molar-refractivity contribution in [2.45, 2.75) is 18.9 Å². The Morgan fingerprint density at radius 2 is 1.77 bits per heavy atom. The number of aromatic nitrogens is 3. The number of aryl methyl sites for hydroxylation is 2. The molecule has 0 aliphatic rings. The van der Waals surface area contributed by atoms with E-state index >= 15 is 0 Å². The van der Waals surface area contributed by atoms with Crippen LogP contribution in [0.2, 0.25) is 5.02 Å².